The third-order valence-corrected chi connectivity index (χ3v) is 5.53. The summed E-state index contributed by atoms with van der Waals surface area (Å²) in [5.41, 5.74) is 13.0. The number of hydrogen-bond donors (Lipinski definition) is 0. The number of rotatable bonds is 2. The molecule has 0 heterocycles. The lowest BCUT2D eigenvalue weighted by Crippen LogP contribution is -2.04. The zero-order chi connectivity index (χ0) is 17.3. The summed E-state index contributed by atoms with van der Waals surface area (Å²) in [6.45, 7) is 11.2. The first-order chi connectivity index (χ1) is 11.5. The molecule has 126 valence electrons. The van der Waals surface area contributed by atoms with Gasteiger partial charge < -0.3 is 0 Å². The van der Waals surface area contributed by atoms with Crippen molar-refractivity contribution < 1.29 is 0 Å². The molecule has 2 aromatic carbocycles. The van der Waals surface area contributed by atoms with Crippen LogP contribution in [0.15, 0.2) is 35.9 Å². The van der Waals surface area contributed by atoms with Gasteiger partial charge in [0, 0.05) is 0 Å². The van der Waals surface area contributed by atoms with Gasteiger partial charge in [0.1, 0.15) is 0 Å². The summed E-state index contributed by atoms with van der Waals surface area (Å²) < 4.78 is 0. The molecule has 0 aliphatic heterocycles. The maximum Gasteiger partial charge on any atom is -0.0114 e. The highest BCUT2D eigenvalue weighted by molar-refractivity contribution is 5.85. The molecular formula is C24H30. The third-order valence-electron chi connectivity index (χ3n) is 5.53. The van der Waals surface area contributed by atoms with Crippen LogP contribution in [-0.4, -0.2) is 0 Å². The summed E-state index contributed by atoms with van der Waals surface area (Å²) in [4.78, 5) is 0. The van der Waals surface area contributed by atoms with E-state index in [0.29, 0.717) is 0 Å². The van der Waals surface area contributed by atoms with Crippen molar-refractivity contribution in [3.8, 4) is 0 Å². The molecule has 0 radical (unpaired) electrons. The zero-order valence-electron chi connectivity index (χ0n) is 15.9. The van der Waals surface area contributed by atoms with Crippen molar-refractivity contribution in [3.05, 3.63) is 74.8 Å². The fraction of sp³-hybridized carbons (Fsp3) is 0.417. The van der Waals surface area contributed by atoms with Crippen molar-refractivity contribution in [2.24, 2.45) is 0 Å². The van der Waals surface area contributed by atoms with Crippen molar-refractivity contribution >= 4 is 5.57 Å². The molecule has 1 aliphatic carbocycles. The summed E-state index contributed by atoms with van der Waals surface area (Å²) in [5, 5.41) is 0. The second-order valence-corrected chi connectivity index (χ2v) is 7.61. The minimum Gasteiger partial charge on any atom is -0.0617 e. The van der Waals surface area contributed by atoms with E-state index in [1.165, 1.54) is 76.6 Å². The summed E-state index contributed by atoms with van der Waals surface area (Å²) in [5.74, 6) is 0. The highest BCUT2D eigenvalue weighted by Gasteiger charge is 2.18. The number of aryl methyl sites for hydroxylation is 5. The molecule has 2 aromatic rings. The minimum absolute atomic E-state index is 1.26. The Balaban J connectivity index is 2.26. The Labute approximate surface area is 147 Å². The molecule has 0 atom stereocenters. The molecule has 24 heavy (non-hydrogen) atoms. The van der Waals surface area contributed by atoms with Gasteiger partial charge in [-0.15, -0.1) is 0 Å². The Hall–Kier alpha value is -1.82. The van der Waals surface area contributed by atoms with Crippen LogP contribution in [0.3, 0.4) is 0 Å². The number of hydrogen-bond acceptors (Lipinski definition) is 0. The van der Waals surface area contributed by atoms with Crippen molar-refractivity contribution in [1.82, 2.24) is 0 Å². The number of allylic oxidation sites excluding steroid dienone is 1. The van der Waals surface area contributed by atoms with Gasteiger partial charge >= 0.3 is 0 Å². The van der Waals surface area contributed by atoms with Crippen LogP contribution < -0.4 is 0 Å². The van der Waals surface area contributed by atoms with Crippen LogP contribution in [0, 0.1) is 34.6 Å². The van der Waals surface area contributed by atoms with E-state index in [2.05, 4.69) is 65.0 Å². The molecule has 0 aromatic heterocycles. The van der Waals surface area contributed by atoms with E-state index >= 15 is 0 Å². The predicted molar refractivity (Wildman–Crippen MR) is 106 cm³/mol. The van der Waals surface area contributed by atoms with E-state index < -0.39 is 0 Å². The molecular weight excluding hydrogens is 288 g/mol. The van der Waals surface area contributed by atoms with Crippen molar-refractivity contribution in [2.75, 3.05) is 0 Å². The first-order valence-electron chi connectivity index (χ1n) is 9.35. The normalized spacial score (nSPS) is 14.8. The SMILES string of the molecule is Cc1cc(C)c(C(=C2CCCCC2)c2ccc(C)c(C)c2)c(C)c1. The summed E-state index contributed by atoms with van der Waals surface area (Å²) in [6.07, 6.45) is 6.58. The second kappa shape index (κ2) is 6.97. The predicted octanol–water partition coefficient (Wildman–Crippen LogP) is 6.99. The summed E-state index contributed by atoms with van der Waals surface area (Å²) >= 11 is 0. The second-order valence-electron chi connectivity index (χ2n) is 7.61. The molecule has 0 spiro atoms. The van der Waals surface area contributed by atoms with Crippen LogP contribution in [0.5, 0.6) is 0 Å². The van der Waals surface area contributed by atoms with Gasteiger partial charge in [-0.3, -0.25) is 0 Å². The average molecular weight is 319 g/mol. The molecule has 1 saturated carbocycles. The van der Waals surface area contributed by atoms with Gasteiger partial charge in [0.2, 0.25) is 0 Å². The monoisotopic (exact) mass is 318 g/mol. The fourth-order valence-corrected chi connectivity index (χ4v) is 4.23. The van der Waals surface area contributed by atoms with Crippen LogP contribution >= 0.6 is 0 Å². The molecule has 0 saturated heterocycles. The molecule has 0 unspecified atom stereocenters. The van der Waals surface area contributed by atoms with E-state index in [1.54, 1.807) is 5.57 Å². The summed E-state index contributed by atoms with van der Waals surface area (Å²) in [7, 11) is 0. The van der Waals surface area contributed by atoms with Gasteiger partial charge in [0.05, 0.1) is 0 Å². The summed E-state index contributed by atoms with van der Waals surface area (Å²) in [6, 6.07) is 11.7. The standard InChI is InChI=1S/C24H30/c1-16-13-19(4)23(20(5)14-16)24(21-9-7-6-8-10-21)22-12-11-17(2)18(3)15-22/h11-15H,6-10H2,1-5H3. The van der Waals surface area contributed by atoms with Crippen LogP contribution in [0.25, 0.3) is 5.57 Å². The van der Waals surface area contributed by atoms with Gasteiger partial charge in [0.25, 0.3) is 0 Å². The van der Waals surface area contributed by atoms with Crippen molar-refractivity contribution in [2.45, 2.75) is 66.7 Å². The molecule has 0 amide bonds. The third kappa shape index (κ3) is 3.34. The lowest BCUT2D eigenvalue weighted by Gasteiger charge is -2.24. The fourth-order valence-electron chi connectivity index (χ4n) is 4.23. The maximum atomic E-state index is 2.39. The zero-order valence-corrected chi connectivity index (χ0v) is 15.9. The average Bonchev–Trinajstić information content (AvgIpc) is 2.54. The van der Waals surface area contributed by atoms with Gasteiger partial charge in [-0.1, -0.05) is 47.9 Å². The molecule has 0 nitrogen and oxygen atoms in total. The van der Waals surface area contributed by atoms with Crippen molar-refractivity contribution in [1.29, 1.82) is 0 Å². The molecule has 3 rings (SSSR count). The number of benzene rings is 2. The Morgan fingerprint density at radius 2 is 1.29 bits per heavy atom. The largest absolute Gasteiger partial charge is 0.0617 e. The van der Waals surface area contributed by atoms with E-state index in [9.17, 15) is 0 Å². The van der Waals surface area contributed by atoms with E-state index in [1.807, 2.05) is 0 Å². The Morgan fingerprint density at radius 1 is 0.667 bits per heavy atom. The Morgan fingerprint density at radius 3 is 1.88 bits per heavy atom. The highest BCUT2D eigenvalue weighted by Crippen LogP contribution is 2.38. The van der Waals surface area contributed by atoms with Crippen LogP contribution in [-0.2, 0) is 0 Å². The molecule has 0 heteroatoms. The maximum absolute atomic E-state index is 2.39. The van der Waals surface area contributed by atoms with Crippen LogP contribution in [0.1, 0.15) is 71.0 Å². The smallest absolute Gasteiger partial charge is 0.0114 e. The van der Waals surface area contributed by atoms with Gasteiger partial charge in [-0.05, 0) is 99.3 Å². The highest BCUT2D eigenvalue weighted by atomic mass is 14.2. The lowest BCUT2D eigenvalue weighted by molar-refractivity contribution is 0.601. The van der Waals surface area contributed by atoms with Gasteiger partial charge in [-0.25, -0.2) is 0 Å². The Kier molecular flexibility index (Phi) is 4.94. The molecule has 0 N–H and O–H groups in total. The first kappa shape index (κ1) is 17.0. The molecule has 1 fully saturated rings. The lowest BCUT2D eigenvalue weighted by atomic mass is 9.81. The quantitative estimate of drug-likeness (QED) is 0.559. The van der Waals surface area contributed by atoms with Gasteiger partial charge in [0.15, 0.2) is 0 Å². The first-order valence-corrected chi connectivity index (χ1v) is 9.35. The topological polar surface area (TPSA) is 0 Å². The Bertz CT molecular complexity index is 759. The van der Waals surface area contributed by atoms with E-state index in [4.69, 9.17) is 0 Å². The van der Waals surface area contributed by atoms with Crippen LogP contribution in [0.4, 0.5) is 0 Å². The van der Waals surface area contributed by atoms with Crippen LogP contribution in [0.2, 0.25) is 0 Å². The molecule has 0 bridgehead atoms. The van der Waals surface area contributed by atoms with E-state index in [-0.39, 0.29) is 0 Å². The van der Waals surface area contributed by atoms with Gasteiger partial charge in [-0.2, -0.15) is 0 Å². The van der Waals surface area contributed by atoms with Crippen molar-refractivity contribution in [3.63, 3.8) is 0 Å². The minimum atomic E-state index is 1.26. The van der Waals surface area contributed by atoms with E-state index in [0.717, 1.165) is 0 Å². The molecule has 1 aliphatic rings.